The molecule has 1 N–H and O–H groups in total. The molecule has 1 fully saturated rings. The third-order valence-electron chi connectivity index (χ3n) is 3.80. The molecule has 0 unspecified atom stereocenters. The van der Waals surface area contributed by atoms with E-state index in [1.54, 1.807) is 7.11 Å². The van der Waals surface area contributed by atoms with Crippen LogP contribution in [0.3, 0.4) is 0 Å². The first kappa shape index (κ1) is 12.9. The van der Waals surface area contributed by atoms with Gasteiger partial charge in [0, 0.05) is 6.42 Å². The van der Waals surface area contributed by atoms with E-state index in [-0.39, 0.29) is 0 Å². The van der Waals surface area contributed by atoms with Crippen LogP contribution in [0.15, 0.2) is 22.9 Å². The Morgan fingerprint density at radius 1 is 1.42 bits per heavy atom. The summed E-state index contributed by atoms with van der Waals surface area (Å²) < 4.78 is 8.36. The highest BCUT2D eigenvalue weighted by Gasteiger charge is 2.17. The van der Waals surface area contributed by atoms with Crippen molar-refractivity contribution in [2.45, 2.75) is 19.3 Å². The summed E-state index contributed by atoms with van der Waals surface area (Å²) in [5.41, 5.74) is 1.10. The predicted octanol–water partition coefficient (Wildman–Crippen LogP) is 2.65. The molecule has 0 radical (unpaired) electrons. The van der Waals surface area contributed by atoms with Crippen LogP contribution in [0.25, 0.3) is 5.52 Å². The molecule has 2 aromatic rings. The molecular weight excluding hydrogens is 306 g/mol. The Labute approximate surface area is 121 Å². The minimum Gasteiger partial charge on any atom is -0.495 e. The minimum absolute atomic E-state index is 0.727. The second kappa shape index (κ2) is 5.51. The van der Waals surface area contributed by atoms with Crippen molar-refractivity contribution in [1.82, 2.24) is 14.7 Å². The lowest BCUT2D eigenvalue weighted by molar-refractivity contribution is 0.366. The van der Waals surface area contributed by atoms with Crippen LogP contribution in [0.1, 0.15) is 18.7 Å². The molecule has 3 heterocycles. The van der Waals surface area contributed by atoms with Crippen LogP contribution in [0.4, 0.5) is 0 Å². The Kier molecular flexibility index (Phi) is 3.75. The highest BCUT2D eigenvalue weighted by molar-refractivity contribution is 9.10. The van der Waals surface area contributed by atoms with Gasteiger partial charge in [-0.3, -0.25) is 4.40 Å². The zero-order chi connectivity index (χ0) is 13.2. The second-order valence-corrected chi connectivity index (χ2v) is 5.79. The maximum atomic E-state index is 5.30. The standard InChI is InChI=1S/C14H18BrN3O/c1-19-11-2-3-12-14(15)17-13(18(12)9-11)8-10-4-6-16-7-5-10/h2-3,9-10,16H,4-8H2,1H3. The fraction of sp³-hybridized carbons (Fsp3) is 0.500. The number of methoxy groups -OCH3 is 1. The van der Waals surface area contributed by atoms with Gasteiger partial charge in [0.25, 0.3) is 0 Å². The van der Waals surface area contributed by atoms with Crippen LogP contribution in [0.5, 0.6) is 5.75 Å². The summed E-state index contributed by atoms with van der Waals surface area (Å²) in [6.07, 6.45) is 5.51. The number of rotatable bonds is 3. The highest BCUT2D eigenvalue weighted by atomic mass is 79.9. The summed E-state index contributed by atoms with van der Waals surface area (Å²) >= 11 is 3.54. The summed E-state index contributed by atoms with van der Waals surface area (Å²) in [5.74, 6) is 2.71. The van der Waals surface area contributed by atoms with Crippen molar-refractivity contribution in [2.24, 2.45) is 5.92 Å². The molecule has 0 saturated carbocycles. The predicted molar refractivity (Wildman–Crippen MR) is 78.7 cm³/mol. The van der Waals surface area contributed by atoms with Crippen molar-refractivity contribution in [1.29, 1.82) is 0 Å². The van der Waals surface area contributed by atoms with E-state index in [1.807, 2.05) is 18.3 Å². The number of imidazole rings is 1. The van der Waals surface area contributed by atoms with Crippen molar-refractivity contribution < 1.29 is 4.74 Å². The SMILES string of the molecule is COc1ccc2c(Br)nc(CC3CCNCC3)n2c1. The highest BCUT2D eigenvalue weighted by Crippen LogP contribution is 2.25. The van der Waals surface area contributed by atoms with E-state index in [0.29, 0.717) is 0 Å². The molecule has 4 nitrogen and oxygen atoms in total. The van der Waals surface area contributed by atoms with E-state index in [1.165, 1.54) is 12.8 Å². The van der Waals surface area contributed by atoms with E-state index in [2.05, 4.69) is 30.6 Å². The van der Waals surface area contributed by atoms with Gasteiger partial charge in [-0.25, -0.2) is 4.98 Å². The normalized spacial score (nSPS) is 16.9. The lowest BCUT2D eigenvalue weighted by Crippen LogP contribution is -2.29. The van der Waals surface area contributed by atoms with Crippen LogP contribution in [0.2, 0.25) is 0 Å². The fourth-order valence-electron chi connectivity index (χ4n) is 2.70. The van der Waals surface area contributed by atoms with E-state index < -0.39 is 0 Å². The first-order chi connectivity index (χ1) is 9.28. The van der Waals surface area contributed by atoms with Gasteiger partial charge >= 0.3 is 0 Å². The van der Waals surface area contributed by atoms with Gasteiger partial charge in [0.15, 0.2) is 0 Å². The molecule has 0 atom stereocenters. The maximum absolute atomic E-state index is 5.30. The van der Waals surface area contributed by atoms with E-state index >= 15 is 0 Å². The number of hydrogen-bond acceptors (Lipinski definition) is 3. The average molecular weight is 324 g/mol. The molecule has 102 valence electrons. The van der Waals surface area contributed by atoms with Gasteiger partial charge in [-0.1, -0.05) is 0 Å². The number of ether oxygens (including phenoxy) is 1. The molecule has 1 aliphatic heterocycles. The smallest absolute Gasteiger partial charge is 0.135 e. The Bertz CT molecular complexity index is 575. The Hall–Kier alpha value is -1.07. The monoisotopic (exact) mass is 323 g/mol. The lowest BCUT2D eigenvalue weighted by atomic mass is 9.94. The Morgan fingerprint density at radius 2 is 2.21 bits per heavy atom. The van der Waals surface area contributed by atoms with Gasteiger partial charge in [0.2, 0.25) is 0 Å². The van der Waals surface area contributed by atoms with Gasteiger partial charge in [-0.2, -0.15) is 0 Å². The molecule has 0 bridgehead atoms. The van der Waals surface area contributed by atoms with Crippen LogP contribution in [0, 0.1) is 5.92 Å². The van der Waals surface area contributed by atoms with Gasteiger partial charge in [0.05, 0.1) is 18.8 Å². The molecule has 0 amide bonds. The second-order valence-electron chi connectivity index (χ2n) is 5.04. The number of nitrogens with one attached hydrogen (secondary N) is 1. The van der Waals surface area contributed by atoms with Crippen LogP contribution in [-0.4, -0.2) is 29.6 Å². The molecule has 0 spiro atoms. The zero-order valence-corrected chi connectivity index (χ0v) is 12.6. The van der Waals surface area contributed by atoms with Crippen molar-refractivity contribution >= 4 is 21.4 Å². The molecule has 5 heteroatoms. The molecule has 0 aliphatic carbocycles. The van der Waals surface area contributed by atoms with E-state index in [0.717, 1.165) is 47.1 Å². The molecular formula is C14H18BrN3O. The number of pyridine rings is 1. The minimum atomic E-state index is 0.727. The number of piperidine rings is 1. The zero-order valence-electron chi connectivity index (χ0n) is 11.0. The quantitative estimate of drug-likeness (QED) is 0.943. The summed E-state index contributed by atoms with van der Waals surface area (Å²) in [6.45, 7) is 2.25. The maximum Gasteiger partial charge on any atom is 0.135 e. The number of nitrogens with zero attached hydrogens (tertiary/aromatic N) is 2. The fourth-order valence-corrected chi connectivity index (χ4v) is 3.22. The molecule has 3 rings (SSSR count). The van der Waals surface area contributed by atoms with Gasteiger partial charge in [-0.15, -0.1) is 0 Å². The third kappa shape index (κ3) is 2.62. The van der Waals surface area contributed by atoms with Crippen molar-refractivity contribution in [3.8, 4) is 5.75 Å². The van der Waals surface area contributed by atoms with Gasteiger partial charge in [-0.05, 0) is 59.9 Å². The summed E-state index contributed by atoms with van der Waals surface area (Å²) in [6, 6.07) is 4.01. The van der Waals surface area contributed by atoms with Crippen molar-refractivity contribution in [3.05, 3.63) is 28.8 Å². The summed E-state index contributed by atoms with van der Waals surface area (Å²) in [7, 11) is 1.69. The Morgan fingerprint density at radius 3 is 2.95 bits per heavy atom. The van der Waals surface area contributed by atoms with Crippen LogP contribution < -0.4 is 10.1 Å². The molecule has 0 aromatic carbocycles. The van der Waals surface area contributed by atoms with Crippen LogP contribution >= 0.6 is 15.9 Å². The largest absolute Gasteiger partial charge is 0.495 e. The Balaban J connectivity index is 1.93. The first-order valence-corrected chi connectivity index (χ1v) is 7.48. The van der Waals surface area contributed by atoms with Gasteiger partial charge in [0.1, 0.15) is 16.2 Å². The number of halogens is 1. The third-order valence-corrected chi connectivity index (χ3v) is 4.39. The molecule has 1 aliphatic rings. The van der Waals surface area contributed by atoms with Gasteiger partial charge < -0.3 is 10.1 Å². The molecule has 1 saturated heterocycles. The number of fused-ring (bicyclic) bond motifs is 1. The average Bonchev–Trinajstić information content (AvgIpc) is 2.76. The summed E-state index contributed by atoms with van der Waals surface area (Å²) in [5, 5.41) is 3.40. The number of hydrogen-bond donors (Lipinski definition) is 1. The van der Waals surface area contributed by atoms with Crippen molar-refractivity contribution in [3.63, 3.8) is 0 Å². The van der Waals surface area contributed by atoms with E-state index in [4.69, 9.17) is 4.74 Å². The molecule has 19 heavy (non-hydrogen) atoms. The first-order valence-electron chi connectivity index (χ1n) is 6.69. The summed E-state index contributed by atoms with van der Waals surface area (Å²) in [4.78, 5) is 4.66. The van der Waals surface area contributed by atoms with Crippen LogP contribution in [-0.2, 0) is 6.42 Å². The van der Waals surface area contributed by atoms with Crippen molar-refractivity contribution in [2.75, 3.05) is 20.2 Å². The topological polar surface area (TPSA) is 38.6 Å². The number of aromatic nitrogens is 2. The van der Waals surface area contributed by atoms with E-state index in [9.17, 15) is 0 Å². The lowest BCUT2D eigenvalue weighted by Gasteiger charge is -2.21. The molecule has 2 aromatic heterocycles.